The second-order valence-electron chi connectivity index (χ2n) is 5.48. The molecule has 2 N–H and O–H groups in total. The first kappa shape index (κ1) is 16.0. The highest BCUT2D eigenvalue weighted by molar-refractivity contribution is 5.96. The van der Waals surface area contributed by atoms with Crippen LogP contribution in [0.4, 0.5) is 0 Å². The number of hydrogen-bond acceptors (Lipinski definition) is 4. The molecule has 0 aliphatic heterocycles. The number of ether oxygens (including phenoxy) is 1. The van der Waals surface area contributed by atoms with Crippen molar-refractivity contribution in [1.29, 1.82) is 0 Å². The van der Waals surface area contributed by atoms with E-state index in [4.69, 9.17) is 4.74 Å². The molecule has 0 saturated heterocycles. The average molecular weight is 304 g/mol. The molecule has 1 aliphatic rings. The summed E-state index contributed by atoms with van der Waals surface area (Å²) in [5.74, 6) is -1.29. The first-order valence-electron chi connectivity index (χ1n) is 7.26. The smallest absolute Gasteiger partial charge is 0.325 e. The molecule has 1 fully saturated rings. The van der Waals surface area contributed by atoms with E-state index in [0.717, 1.165) is 24.0 Å². The van der Waals surface area contributed by atoms with Crippen molar-refractivity contribution in [3.63, 3.8) is 0 Å². The predicted octanol–water partition coefficient (Wildman–Crippen LogP) is 0.855. The highest BCUT2D eigenvalue weighted by Crippen LogP contribution is 2.18. The van der Waals surface area contributed by atoms with E-state index >= 15 is 0 Å². The molecule has 1 aliphatic carbocycles. The maximum Gasteiger partial charge on any atom is 0.325 e. The zero-order valence-corrected chi connectivity index (χ0v) is 12.8. The summed E-state index contributed by atoms with van der Waals surface area (Å²) in [4.78, 5) is 34.7. The van der Waals surface area contributed by atoms with E-state index in [1.54, 1.807) is 12.1 Å². The van der Waals surface area contributed by atoms with Crippen LogP contribution in [-0.4, -0.2) is 37.0 Å². The van der Waals surface area contributed by atoms with E-state index < -0.39 is 5.97 Å². The number of hydrogen-bond donors (Lipinski definition) is 2. The zero-order valence-electron chi connectivity index (χ0n) is 12.8. The van der Waals surface area contributed by atoms with Gasteiger partial charge < -0.3 is 15.4 Å². The number of carbonyl (C=O) groups excluding carboxylic acids is 3. The molecule has 118 valence electrons. The van der Waals surface area contributed by atoms with E-state index in [9.17, 15) is 14.4 Å². The average Bonchev–Trinajstić information content (AvgIpc) is 3.29. The van der Waals surface area contributed by atoms with Gasteiger partial charge in [0.25, 0.3) is 11.8 Å². The van der Waals surface area contributed by atoms with Gasteiger partial charge in [-0.05, 0) is 49.9 Å². The Morgan fingerprint density at radius 3 is 2.55 bits per heavy atom. The Kier molecular flexibility index (Phi) is 5.14. The van der Waals surface area contributed by atoms with E-state index in [1.165, 1.54) is 0 Å². The van der Waals surface area contributed by atoms with Crippen LogP contribution in [-0.2, 0) is 14.3 Å². The molecule has 0 unspecified atom stereocenters. The van der Waals surface area contributed by atoms with Gasteiger partial charge in [0.2, 0.25) is 0 Å². The van der Waals surface area contributed by atoms with E-state index in [0.29, 0.717) is 5.56 Å². The van der Waals surface area contributed by atoms with Crippen LogP contribution in [0.25, 0.3) is 0 Å². The summed E-state index contributed by atoms with van der Waals surface area (Å²) in [7, 11) is 0. The Morgan fingerprint density at radius 2 is 1.91 bits per heavy atom. The molecule has 0 atom stereocenters. The van der Waals surface area contributed by atoms with Crippen molar-refractivity contribution in [3.8, 4) is 0 Å². The second-order valence-corrected chi connectivity index (χ2v) is 5.48. The molecule has 6 nitrogen and oxygen atoms in total. The number of nitrogens with one attached hydrogen (secondary N) is 2. The lowest BCUT2D eigenvalue weighted by Crippen LogP contribution is -2.34. The van der Waals surface area contributed by atoms with Gasteiger partial charge in [-0.2, -0.15) is 0 Å². The summed E-state index contributed by atoms with van der Waals surface area (Å²) in [6.45, 7) is 3.30. The Balaban J connectivity index is 1.71. The van der Waals surface area contributed by atoms with Gasteiger partial charge in [-0.3, -0.25) is 14.4 Å². The second kappa shape index (κ2) is 7.06. The van der Waals surface area contributed by atoms with Crippen molar-refractivity contribution in [2.45, 2.75) is 32.7 Å². The fourth-order valence-corrected chi connectivity index (χ4v) is 1.83. The molecule has 0 aromatic heterocycles. The van der Waals surface area contributed by atoms with E-state index in [2.05, 4.69) is 10.6 Å². The maximum absolute atomic E-state index is 11.9. The predicted molar refractivity (Wildman–Crippen MR) is 80.4 cm³/mol. The van der Waals surface area contributed by atoms with Crippen LogP contribution in [0.5, 0.6) is 0 Å². The molecule has 1 aromatic rings. The van der Waals surface area contributed by atoms with Gasteiger partial charge in [0.1, 0.15) is 6.54 Å². The topological polar surface area (TPSA) is 84.5 Å². The summed E-state index contributed by atoms with van der Waals surface area (Å²) in [6, 6.07) is 5.55. The Bertz CT molecular complexity index is 594. The third-order valence-corrected chi connectivity index (χ3v) is 3.47. The minimum Gasteiger partial charge on any atom is -0.454 e. The fourth-order valence-electron chi connectivity index (χ4n) is 1.83. The summed E-state index contributed by atoms with van der Waals surface area (Å²) in [6.07, 6.45) is 1.96. The quantitative estimate of drug-likeness (QED) is 0.763. The molecule has 0 bridgehead atoms. The first-order valence-corrected chi connectivity index (χ1v) is 7.26. The standard InChI is InChI=1S/C16H20N2O4/c1-10-3-4-12(7-11(10)2)16(21)17-8-15(20)22-9-14(19)18-13-5-6-13/h3-4,7,13H,5-6,8-9H2,1-2H3,(H,17,21)(H,18,19). The summed E-state index contributed by atoms with van der Waals surface area (Å²) in [5, 5.41) is 5.19. The third kappa shape index (κ3) is 4.87. The highest BCUT2D eigenvalue weighted by Gasteiger charge is 2.23. The maximum atomic E-state index is 11.9. The number of rotatable bonds is 6. The van der Waals surface area contributed by atoms with Gasteiger partial charge in [0.05, 0.1) is 0 Å². The van der Waals surface area contributed by atoms with Crippen molar-refractivity contribution in [3.05, 3.63) is 34.9 Å². The molecular weight excluding hydrogens is 284 g/mol. The molecule has 1 saturated carbocycles. The molecule has 2 rings (SSSR count). The number of aryl methyl sites for hydroxylation is 2. The fraction of sp³-hybridized carbons (Fsp3) is 0.438. The molecule has 6 heteroatoms. The lowest BCUT2D eigenvalue weighted by molar-refractivity contribution is -0.147. The molecule has 1 aromatic carbocycles. The highest BCUT2D eigenvalue weighted by atomic mass is 16.5. The lowest BCUT2D eigenvalue weighted by Gasteiger charge is -2.08. The summed E-state index contributed by atoms with van der Waals surface area (Å²) in [5.41, 5.74) is 2.59. The molecule has 2 amide bonds. The molecule has 0 spiro atoms. The number of amides is 2. The number of carbonyl (C=O) groups is 3. The molecule has 22 heavy (non-hydrogen) atoms. The van der Waals surface area contributed by atoms with Crippen LogP contribution in [0, 0.1) is 13.8 Å². The largest absolute Gasteiger partial charge is 0.454 e. The summed E-state index contributed by atoms with van der Waals surface area (Å²) < 4.78 is 4.80. The summed E-state index contributed by atoms with van der Waals surface area (Å²) >= 11 is 0. The van der Waals surface area contributed by atoms with E-state index in [1.807, 2.05) is 19.9 Å². The zero-order chi connectivity index (χ0) is 16.1. The minimum absolute atomic E-state index is 0.232. The van der Waals surface area contributed by atoms with Crippen LogP contribution in [0.1, 0.15) is 34.3 Å². The molecule has 0 radical (unpaired) electrons. The number of benzene rings is 1. The Labute approximate surface area is 129 Å². The van der Waals surface area contributed by atoms with Crippen LogP contribution in [0.3, 0.4) is 0 Å². The van der Waals surface area contributed by atoms with E-state index in [-0.39, 0.29) is 31.0 Å². The minimum atomic E-state index is -0.636. The van der Waals surface area contributed by atoms with Crippen molar-refractivity contribution < 1.29 is 19.1 Å². The van der Waals surface area contributed by atoms with Crippen molar-refractivity contribution in [2.75, 3.05) is 13.2 Å². The van der Waals surface area contributed by atoms with Crippen molar-refractivity contribution in [1.82, 2.24) is 10.6 Å². The SMILES string of the molecule is Cc1ccc(C(=O)NCC(=O)OCC(=O)NC2CC2)cc1C. The number of esters is 1. The Hall–Kier alpha value is -2.37. The lowest BCUT2D eigenvalue weighted by atomic mass is 10.1. The van der Waals surface area contributed by atoms with Crippen molar-refractivity contribution >= 4 is 17.8 Å². The molecule has 0 heterocycles. The van der Waals surface area contributed by atoms with Gasteiger partial charge >= 0.3 is 5.97 Å². The van der Waals surface area contributed by atoms with Gasteiger partial charge in [-0.1, -0.05) is 6.07 Å². The van der Waals surface area contributed by atoms with Crippen LogP contribution < -0.4 is 10.6 Å². The van der Waals surface area contributed by atoms with Gasteiger partial charge in [0.15, 0.2) is 6.61 Å². The van der Waals surface area contributed by atoms with Gasteiger partial charge in [-0.15, -0.1) is 0 Å². The Morgan fingerprint density at radius 1 is 1.18 bits per heavy atom. The van der Waals surface area contributed by atoms with Gasteiger partial charge in [0, 0.05) is 11.6 Å². The van der Waals surface area contributed by atoms with Gasteiger partial charge in [-0.25, -0.2) is 0 Å². The first-order chi connectivity index (χ1) is 10.5. The van der Waals surface area contributed by atoms with Crippen LogP contribution >= 0.6 is 0 Å². The normalized spacial score (nSPS) is 13.4. The van der Waals surface area contributed by atoms with Crippen LogP contribution in [0.2, 0.25) is 0 Å². The third-order valence-electron chi connectivity index (χ3n) is 3.47. The molecular formula is C16H20N2O4. The monoisotopic (exact) mass is 304 g/mol. The van der Waals surface area contributed by atoms with Crippen molar-refractivity contribution in [2.24, 2.45) is 0 Å². The van der Waals surface area contributed by atoms with Crippen LogP contribution in [0.15, 0.2) is 18.2 Å².